The summed E-state index contributed by atoms with van der Waals surface area (Å²) in [6, 6.07) is 0.135. The number of nitrogens with one attached hydrogen (secondary N) is 2. The molecule has 1 unspecified atom stereocenters. The van der Waals surface area contributed by atoms with E-state index < -0.39 is 5.60 Å². The lowest BCUT2D eigenvalue weighted by atomic mass is 9.94. The molecule has 2 aliphatic rings. The Bertz CT molecular complexity index is 319. The zero-order valence-corrected chi connectivity index (χ0v) is 13.5. The maximum Gasteiger partial charge on any atom is 0.237 e. The molecule has 21 heavy (non-hydrogen) atoms. The van der Waals surface area contributed by atoms with Crippen molar-refractivity contribution in [3.05, 3.63) is 0 Å². The molecule has 0 aliphatic heterocycles. The highest BCUT2D eigenvalue weighted by Crippen LogP contribution is 2.26. The molecule has 0 heterocycles. The Balaban J connectivity index is 1.72. The number of carbonyl (C=O) groups is 1. The molecule has 3 N–H and O–H groups in total. The Morgan fingerprint density at radius 3 is 2.29 bits per heavy atom. The van der Waals surface area contributed by atoms with Crippen molar-refractivity contribution in [3.63, 3.8) is 0 Å². The van der Waals surface area contributed by atoms with Gasteiger partial charge < -0.3 is 15.7 Å². The number of hydrogen-bond acceptors (Lipinski definition) is 3. The van der Waals surface area contributed by atoms with E-state index in [0.29, 0.717) is 12.6 Å². The van der Waals surface area contributed by atoms with Gasteiger partial charge in [-0.25, -0.2) is 0 Å². The molecule has 0 bridgehead atoms. The first-order chi connectivity index (χ1) is 10.1. The van der Waals surface area contributed by atoms with Crippen LogP contribution in [0.15, 0.2) is 0 Å². The third kappa shape index (κ3) is 5.59. The lowest BCUT2D eigenvalue weighted by Crippen LogP contribution is -2.51. The highest BCUT2D eigenvalue weighted by molar-refractivity contribution is 5.81. The van der Waals surface area contributed by atoms with Gasteiger partial charge in [-0.05, 0) is 32.6 Å². The first-order valence-corrected chi connectivity index (χ1v) is 8.85. The zero-order chi connectivity index (χ0) is 15.1. The highest BCUT2D eigenvalue weighted by Gasteiger charge is 2.29. The lowest BCUT2D eigenvalue weighted by Gasteiger charge is -2.29. The summed E-state index contributed by atoms with van der Waals surface area (Å²) in [7, 11) is 0. The number of rotatable bonds is 5. The van der Waals surface area contributed by atoms with Crippen LogP contribution in [0.1, 0.15) is 77.6 Å². The first-order valence-electron chi connectivity index (χ1n) is 8.85. The van der Waals surface area contributed by atoms with Gasteiger partial charge in [-0.2, -0.15) is 0 Å². The second kappa shape index (κ2) is 8.14. The molecule has 4 nitrogen and oxygen atoms in total. The third-order valence-corrected chi connectivity index (χ3v) is 5.12. The van der Waals surface area contributed by atoms with Crippen LogP contribution in [0.5, 0.6) is 0 Å². The molecule has 122 valence electrons. The van der Waals surface area contributed by atoms with Gasteiger partial charge in [0.15, 0.2) is 0 Å². The van der Waals surface area contributed by atoms with Crippen LogP contribution >= 0.6 is 0 Å². The fourth-order valence-electron chi connectivity index (χ4n) is 3.57. The second-order valence-corrected chi connectivity index (χ2v) is 7.08. The van der Waals surface area contributed by atoms with Crippen molar-refractivity contribution in [2.75, 3.05) is 6.54 Å². The van der Waals surface area contributed by atoms with E-state index in [-0.39, 0.29) is 11.9 Å². The molecule has 0 aromatic rings. The first kappa shape index (κ1) is 16.8. The van der Waals surface area contributed by atoms with Crippen molar-refractivity contribution in [2.24, 2.45) is 0 Å². The molecule has 0 spiro atoms. The van der Waals surface area contributed by atoms with Crippen LogP contribution in [0.2, 0.25) is 0 Å². The summed E-state index contributed by atoms with van der Waals surface area (Å²) in [4.78, 5) is 12.2. The van der Waals surface area contributed by atoms with E-state index in [4.69, 9.17) is 0 Å². The van der Waals surface area contributed by atoms with Crippen molar-refractivity contribution in [1.82, 2.24) is 10.6 Å². The predicted molar refractivity (Wildman–Crippen MR) is 85.1 cm³/mol. The maximum atomic E-state index is 12.2. The number of aliphatic hydroxyl groups is 1. The van der Waals surface area contributed by atoms with Crippen LogP contribution in [0.25, 0.3) is 0 Å². The van der Waals surface area contributed by atoms with Gasteiger partial charge in [0.1, 0.15) is 0 Å². The summed E-state index contributed by atoms with van der Waals surface area (Å²) in [5, 5.41) is 17.0. The fraction of sp³-hybridized carbons (Fsp3) is 0.941. The standard InChI is InChI=1S/C17H32N2O2/c1-14(16(20)19-15-9-5-4-6-10-15)18-13-17(21)11-7-2-3-8-12-17/h14-15,18,21H,2-13H2,1H3,(H,19,20). The summed E-state index contributed by atoms with van der Waals surface area (Å²) < 4.78 is 0. The molecular weight excluding hydrogens is 264 g/mol. The van der Waals surface area contributed by atoms with E-state index in [1.54, 1.807) is 0 Å². The van der Waals surface area contributed by atoms with Crippen molar-refractivity contribution in [2.45, 2.75) is 95.2 Å². The van der Waals surface area contributed by atoms with Gasteiger partial charge in [0.2, 0.25) is 5.91 Å². The average Bonchev–Trinajstić information content (AvgIpc) is 2.71. The third-order valence-electron chi connectivity index (χ3n) is 5.12. The van der Waals surface area contributed by atoms with E-state index >= 15 is 0 Å². The normalized spacial score (nSPS) is 25.0. The molecule has 0 saturated heterocycles. The molecule has 2 aliphatic carbocycles. The van der Waals surface area contributed by atoms with E-state index in [2.05, 4.69) is 10.6 Å². The Morgan fingerprint density at radius 2 is 1.67 bits per heavy atom. The minimum atomic E-state index is -0.615. The van der Waals surface area contributed by atoms with Crippen LogP contribution in [-0.2, 0) is 4.79 Å². The van der Waals surface area contributed by atoms with E-state index in [1.165, 1.54) is 32.1 Å². The number of carbonyl (C=O) groups excluding carboxylic acids is 1. The summed E-state index contributed by atoms with van der Waals surface area (Å²) in [5.74, 6) is 0.0825. The molecule has 4 heteroatoms. The van der Waals surface area contributed by atoms with E-state index in [0.717, 1.165) is 38.5 Å². The molecular formula is C17H32N2O2. The van der Waals surface area contributed by atoms with E-state index in [9.17, 15) is 9.90 Å². The lowest BCUT2D eigenvalue weighted by molar-refractivity contribution is -0.124. The average molecular weight is 296 g/mol. The van der Waals surface area contributed by atoms with Crippen LogP contribution in [0.3, 0.4) is 0 Å². The summed E-state index contributed by atoms with van der Waals surface area (Å²) in [6.45, 7) is 2.43. The summed E-state index contributed by atoms with van der Waals surface area (Å²) in [6.07, 6.45) is 12.3. The van der Waals surface area contributed by atoms with Crippen molar-refractivity contribution in [3.8, 4) is 0 Å². The molecule has 2 saturated carbocycles. The van der Waals surface area contributed by atoms with Crippen LogP contribution < -0.4 is 10.6 Å². The van der Waals surface area contributed by atoms with E-state index in [1.807, 2.05) is 6.92 Å². The van der Waals surface area contributed by atoms with Gasteiger partial charge in [-0.1, -0.05) is 44.9 Å². The molecule has 0 aromatic carbocycles. The molecule has 0 radical (unpaired) electrons. The Morgan fingerprint density at radius 1 is 1.10 bits per heavy atom. The Labute approximate surface area is 129 Å². The Kier molecular flexibility index (Phi) is 6.49. The van der Waals surface area contributed by atoms with Crippen LogP contribution in [-0.4, -0.2) is 35.2 Å². The second-order valence-electron chi connectivity index (χ2n) is 7.08. The SMILES string of the molecule is CC(NCC1(O)CCCCCC1)C(=O)NC1CCCCC1. The van der Waals surface area contributed by atoms with Crippen molar-refractivity contribution >= 4 is 5.91 Å². The zero-order valence-electron chi connectivity index (χ0n) is 13.5. The van der Waals surface area contributed by atoms with Gasteiger partial charge in [0.25, 0.3) is 0 Å². The highest BCUT2D eigenvalue weighted by atomic mass is 16.3. The van der Waals surface area contributed by atoms with Crippen LogP contribution in [0.4, 0.5) is 0 Å². The molecule has 1 atom stereocenters. The van der Waals surface area contributed by atoms with Crippen molar-refractivity contribution < 1.29 is 9.90 Å². The molecule has 1 amide bonds. The Hall–Kier alpha value is -0.610. The summed E-state index contributed by atoms with van der Waals surface area (Å²) >= 11 is 0. The maximum absolute atomic E-state index is 12.2. The van der Waals surface area contributed by atoms with Gasteiger partial charge in [-0.3, -0.25) is 4.79 Å². The van der Waals surface area contributed by atoms with Crippen molar-refractivity contribution in [1.29, 1.82) is 0 Å². The smallest absolute Gasteiger partial charge is 0.237 e. The minimum Gasteiger partial charge on any atom is -0.389 e. The monoisotopic (exact) mass is 296 g/mol. The van der Waals surface area contributed by atoms with Gasteiger partial charge in [0, 0.05) is 12.6 Å². The number of hydrogen-bond donors (Lipinski definition) is 3. The fourth-order valence-corrected chi connectivity index (χ4v) is 3.57. The van der Waals surface area contributed by atoms with Gasteiger partial charge >= 0.3 is 0 Å². The summed E-state index contributed by atoms with van der Waals surface area (Å²) in [5.41, 5.74) is -0.615. The molecule has 2 fully saturated rings. The largest absolute Gasteiger partial charge is 0.389 e. The van der Waals surface area contributed by atoms with Crippen LogP contribution in [0, 0.1) is 0 Å². The predicted octanol–water partition coefficient (Wildman–Crippen LogP) is 2.50. The topological polar surface area (TPSA) is 61.4 Å². The molecule has 2 rings (SSSR count). The van der Waals surface area contributed by atoms with Gasteiger partial charge in [0.05, 0.1) is 11.6 Å². The molecule has 0 aromatic heterocycles. The quantitative estimate of drug-likeness (QED) is 0.683. The van der Waals surface area contributed by atoms with Gasteiger partial charge in [-0.15, -0.1) is 0 Å². The minimum absolute atomic E-state index is 0.0825. The number of amides is 1.